The summed E-state index contributed by atoms with van der Waals surface area (Å²) in [5.74, 6) is -0.932. The number of anilines is 1. The molecule has 0 fully saturated rings. The summed E-state index contributed by atoms with van der Waals surface area (Å²) < 4.78 is 0. The molecule has 2 amide bonds. The summed E-state index contributed by atoms with van der Waals surface area (Å²) in [4.78, 5) is 27.9. The maximum atomic E-state index is 11.8. The Labute approximate surface area is 118 Å². The molecule has 1 rings (SSSR count). The molecule has 3 N–H and O–H groups in total. The average Bonchev–Trinajstić information content (AvgIpc) is 2.40. The highest BCUT2D eigenvalue weighted by Crippen LogP contribution is 2.07. The van der Waals surface area contributed by atoms with E-state index in [9.17, 15) is 9.59 Å². The first-order valence-electron chi connectivity index (χ1n) is 6.36. The summed E-state index contributed by atoms with van der Waals surface area (Å²) in [6.07, 6.45) is 2.20. The molecule has 1 aromatic rings. The second-order valence-corrected chi connectivity index (χ2v) is 4.42. The van der Waals surface area contributed by atoms with E-state index < -0.39 is 5.97 Å². The van der Waals surface area contributed by atoms with E-state index in [2.05, 4.69) is 15.6 Å². The molecule has 0 bridgehead atoms. The van der Waals surface area contributed by atoms with E-state index in [1.165, 1.54) is 6.20 Å². The summed E-state index contributed by atoms with van der Waals surface area (Å²) >= 11 is 0. The second-order valence-electron chi connectivity index (χ2n) is 4.42. The Hall–Kier alpha value is -2.15. The number of urea groups is 1. The van der Waals surface area contributed by atoms with Gasteiger partial charge in [-0.05, 0) is 32.1 Å². The van der Waals surface area contributed by atoms with Crippen molar-refractivity contribution in [3.8, 4) is 0 Å². The first kappa shape index (κ1) is 15.9. The molecule has 110 valence electrons. The molecule has 0 unspecified atom stereocenters. The first-order valence-corrected chi connectivity index (χ1v) is 6.36. The van der Waals surface area contributed by atoms with Crippen molar-refractivity contribution in [3.63, 3.8) is 0 Å². The summed E-state index contributed by atoms with van der Waals surface area (Å²) in [7, 11) is 3.58. The van der Waals surface area contributed by atoms with Gasteiger partial charge in [0.25, 0.3) is 0 Å². The number of carboxylic acids is 1. The number of nitrogens with zero attached hydrogens (tertiary/aromatic N) is 2. The zero-order valence-electron chi connectivity index (χ0n) is 11.7. The SMILES string of the molecule is CNCCCN(C)C(=O)Nc1ccc(CC(=O)O)nc1. The summed E-state index contributed by atoms with van der Waals surface area (Å²) in [6, 6.07) is 3.02. The molecule has 0 aliphatic rings. The second kappa shape index (κ2) is 8.11. The zero-order chi connectivity index (χ0) is 15.0. The van der Waals surface area contributed by atoms with Crippen LogP contribution in [0.1, 0.15) is 12.1 Å². The molecule has 0 atom stereocenters. The van der Waals surface area contributed by atoms with Gasteiger partial charge in [0.2, 0.25) is 0 Å². The monoisotopic (exact) mass is 280 g/mol. The molecule has 0 saturated carbocycles. The van der Waals surface area contributed by atoms with E-state index in [1.54, 1.807) is 24.1 Å². The van der Waals surface area contributed by atoms with Gasteiger partial charge in [-0.1, -0.05) is 0 Å². The van der Waals surface area contributed by atoms with Crippen molar-refractivity contribution in [1.29, 1.82) is 0 Å². The van der Waals surface area contributed by atoms with Crippen LogP contribution < -0.4 is 10.6 Å². The number of nitrogens with one attached hydrogen (secondary N) is 2. The molecule has 20 heavy (non-hydrogen) atoms. The Kier molecular flexibility index (Phi) is 6.45. The zero-order valence-corrected chi connectivity index (χ0v) is 11.7. The molecule has 0 aliphatic heterocycles. The number of pyridine rings is 1. The summed E-state index contributed by atoms with van der Waals surface area (Å²) in [5, 5.41) is 14.4. The lowest BCUT2D eigenvalue weighted by molar-refractivity contribution is -0.136. The number of carbonyl (C=O) groups excluding carboxylic acids is 1. The van der Waals surface area contributed by atoms with Crippen molar-refractivity contribution in [1.82, 2.24) is 15.2 Å². The number of carboxylic acid groups (broad SMARTS) is 1. The highest BCUT2D eigenvalue weighted by molar-refractivity contribution is 5.88. The Morgan fingerprint density at radius 2 is 2.15 bits per heavy atom. The highest BCUT2D eigenvalue weighted by atomic mass is 16.4. The minimum Gasteiger partial charge on any atom is -0.481 e. The van der Waals surface area contributed by atoms with Gasteiger partial charge in [-0.15, -0.1) is 0 Å². The number of amides is 2. The normalized spacial score (nSPS) is 10.1. The van der Waals surface area contributed by atoms with E-state index in [0.29, 0.717) is 17.9 Å². The molecule has 7 heteroatoms. The van der Waals surface area contributed by atoms with Crippen molar-refractivity contribution in [2.45, 2.75) is 12.8 Å². The van der Waals surface area contributed by atoms with Gasteiger partial charge in [0, 0.05) is 13.6 Å². The van der Waals surface area contributed by atoms with Crippen LogP contribution in [0.25, 0.3) is 0 Å². The van der Waals surface area contributed by atoms with Crippen molar-refractivity contribution in [3.05, 3.63) is 24.0 Å². The fraction of sp³-hybridized carbons (Fsp3) is 0.462. The highest BCUT2D eigenvalue weighted by Gasteiger charge is 2.08. The number of aliphatic carboxylic acids is 1. The van der Waals surface area contributed by atoms with E-state index in [0.717, 1.165) is 13.0 Å². The van der Waals surface area contributed by atoms with Gasteiger partial charge in [-0.3, -0.25) is 9.78 Å². The molecule has 1 aromatic heterocycles. The predicted octanol–water partition coefficient (Wildman–Crippen LogP) is 0.782. The van der Waals surface area contributed by atoms with Gasteiger partial charge in [-0.25, -0.2) is 4.79 Å². The van der Waals surface area contributed by atoms with Crippen LogP contribution in [-0.4, -0.2) is 54.2 Å². The Balaban J connectivity index is 2.47. The maximum absolute atomic E-state index is 11.8. The maximum Gasteiger partial charge on any atom is 0.321 e. The Morgan fingerprint density at radius 3 is 2.70 bits per heavy atom. The van der Waals surface area contributed by atoms with Gasteiger partial charge in [-0.2, -0.15) is 0 Å². The Bertz CT molecular complexity index is 447. The number of rotatable bonds is 7. The fourth-order valence-electron chi connectivity index (χ4n) is 1.57. The van der Waals surface area contributed by atoms with Crippen molar-refractivity contribution >= 4 is 17.7 Å². The van der Waals surface area contributed by atoms with Crippen LogP contribution in [0.3, 0.4) is 0 Å². The quantitative estimate of drug-likeness (QED) is 0.642. The lowest BCUT2D eigenvalue weighted by atomic mass is 10.2. The lowest BCUT2D eigenvalue weighted by Gasteiger charge is -2.17. The summed E-state index contributed by atoms with van der Waals surface area (Å²) in [5.41, 5.74) is 1.00. The van der Waals surface area contributed by atoms with Crippen LogP contribution in [0, 0.1) is 0 Å². The predicted molar refractivity (Wildman–Crippen MR) is 75.8 cm³/mol. The minimum absolute atomic E-state index is 0.127. The van der Waals surface area contributed by atoms with Gasteiger partial charge < -0.3 is 20.6 Å². The Morgan fingerprint density at radius 1 is 1.40 bits per heavy atom. The third kappa shape index (κ3) is 5.66. The smallest absolute Gasteiger partial charge is 0.321 e. The molecule has 0 aliphatic carbocycles. The van der Waals surface area contributed by atoms with E-state index in [4.69, 9.17) is 5.11 Å². The van der Waals surface area contributed by atoms with Crippen molar-refractivity contribution < 1.29 is 14.7 Å². The molecule has 0 radical (unpaired) electrons. The minimum atomic E-state index is -0.932. The molecular weight excluding hydrogens is 260 g/mol. The van der Waals surface area contributed by atoms with Gasteiger partial charge in [0.15, 0.2) is 0 Å². The topological polar surface area (TPSA) is 94.6 Å². The van der Waals surface area contributed by atoms with Gasteiger partial charge >= 0.3 is 12.0 Å². The third-order valence-corrected chi connectivity index (χ3v) is 2.68. The van der Waals surface area contributed by atoms with E-state index >= 15 is 0 Å². The first-order chi connectivity index (χ1) is 9.52. The van der Waals surface area contributed by atoms with E-state index in [-0.39, 0.29) is 12.5 Å². The van der Waals surface area contributed by atoms with Crippen LogP contribution >= 0.6 is 0 Å². The summed E-state index contributed by atoms with van der Waals surface area (Å²) in [6.45, 7) is 1.50. The molecule has 0 saturated heterocycles. The van der Waals surface area contributed by atoms with Crippen molar-refractivity contribution in [2.24, 2.45) is 0 Å². The largest absolute Gasteiger partial charge is 0.481 e. The van der Waals surface area contributed by atoms with Crippen molar-refractivity contribution in [2.75, 3.05) is 32.5 Å². The molecule has 0 spiro atoms. The van der Waals surface area contributed by atoms with Crippen LogP contribution in [-0.2, 0) is 11.2 Å². The van der Waals surface area contributed by atoms with Gasteiger partial charge in [0.1, 0.15) is 0 Å². The van der Waals surface area contributed by atoms with Crippen LogP contribution in [0.2, 0.25) is 0 Å². The lowest BCUT2D eigenvalue weighted by Crippen LogP contribution is -2.33. The van der Waals surface area contributed by atoms with Crippen LogP contribution in [0.5, 0.6) is 0 Å². The third-order valence-electron chi connectivity index (χ3n) is 2.68. The molecule has 1 heterocycles. The van der Waals surface area contributed by atoms with Crippen LogP contribution in [0.4, 0.5) is 10.5 Å². The fourth-order valence-corrected chi connectivity index (χ4v) is 1.57. The van der Waals surface area contributed by atoms with E-state index in [1.807, 2.05) is 7.05 Å². The average molecular weight is 280 g/mol. The standard InChI is InChI=1S/C13H20N4O3/c1-14-6-3-7-17(2)13(20)16-11-5-4-10(15-9-11)8-12(18)19/h4-5,9,14H,3,6-8H2,1-2H3,(H,16,20)(H,18,19). The number of hydrogen-bond donors (Lipinski definition) is 3. The number of aromatic nitrogens is 1. The number of hydrogen-bond acceptors (Lipinski definition) is 4. The van der Waals surface area contributed by atoms with Gasteiger partial charge in [0.05, 0.1) is 24.0 Å². The molecule has 7 nitrogen and oxygen atoms in total. The molecular formula is C13H20N4O3. The molecule has 0 aromatic carbocycles. The van der Waals surface area contributed by atoms with Crippen LogP contribution in [0.15, 0.2) is 18.3 Å². The number of carbonyl (C=O) groups is 2.